The van der Waals surface area contributed by atoms with Crippen LogP contribution in [-0.4, -0.2) is 22.3 Å². The number of benzene rings is 1. The second-order valence-electron chi connectivity index (χ2n) is 4.33. The molecule has 0 radical (unpaired) electrons. The predicted molar refractivity (Wildman–Crippen MR) is 73.1 cm³/mol. The highest BCUT2D eigenvalue weighted by Crippen LogP contribution is 2.25. The molecule has 2 heterocycles. The minimum absolute atomic E-state index is 0.346. The van der Waals surface area contributed by atoms with Crippen LogP contribution in [0.2, 0.25) is 0 Å². The van der Waals surface area contributed by atoms with Gasteiger partial charge in [-0.2, -0.15) is 5.10 Å². The summed E-state index contributed by atoms with van der Waals surface area (Å²) in [7, 11) is 0. The summed E-state index contributed by atoms with van der Waals surface area (Å²) in [5.74, 6) is -0.494. The second-order valence-corrected chi connectivity index (χ2v) is 5.25. The predicted octanol–water partition coefficient (Wildman–Crippen LogP) is 1.81. The zero-order valence-corrected chi connectivity index (χ0v) is 11.7. The Labute approximate surface area is 118 Å². The Hall–Kier alpha value is -1.66. The average Bonchev–Trinajstić information content (AvgIpc) is 2.78. The number of amides is 1. The molecule has 1 aromatic heterocycles. The molecule has 1 aromatic carbocycles. The number of carbonyl (C=O) groups is 1. The summed E-state index contributed by atoms with van der Waals surface area (Å²) in [4.78, 5) is 11.5. The Morgan fingerprint density at radius 1 is 1.47 bits per heavy atom. The molecule has 0 saturated carbocycles. The number of nitrogens with zero attached hydrogens (tertiary/aromatic N) is 2. The first kappa shape index (κ1) is 12.4. The normalized spacial score (nSPS) is 14.2. The highest BCUT2D eigenvalue weighted by atomic mass is 79.9. The Bertz CT molecular complexity index is 651. The second kappa shape index (κ2) is 4.79. The largest absolute Gasteiger partial charge is 0.375 e. The van der Waals surface area contributed by atoms with Crippen LogP contribution in [0.15, 0.2) is 28.7 Å². The first-order chi connectivity index (χ1) is 9.16. The van der Waals surface area contributed by atoms with Crippen LogP contribution in [0.1, 0.15) is 21.7 Å². The Morgan fingerprint density at radius 2 is 2.32 bits per heavy atom. The lowest BCUT2D eigenvalue weighted by Crippen LogP contribution is -2.17. The number of carbonyl (C=O) groups excluding carboxylic acids is 1. The van der Waals surface area contributed by atoms with Crippen LogP contribution < -0.4 is 5.73 Å². The first-order valence-electron chi connectivity index (χ1n) is 5.91. The van der Waals surface area contributed by atoms with Crippen LogP contribution in [0, 0.1) is 0 Å². The number of primary amides is 1. The summed E-state index contributed by atoms with van der Waals surface area (Å²) in [6, 6.07) is 7.72. The van der Waals surface area contributed by atoms with Gasteiger partial charge >= 0.3 is 0 Å². The molecule has 19 heavy (non-hydrogen) atoms. The summed E-state index contributed by atoms with van der Waals surface area (Å²) in [5, 5.41) is 4.34. The summed E-state index contributed by atoms with van der Waals surface area (Å²) in [5.41, 5.74) is 8.42. The lowest BCUT2D eigenvalue weighted by Gasteiger charge is -2.14. The topological polar surface area (TPSA) is 70.1 Å². The molecule has 0 atom stereocenters. The van der Waals surface area contributed by atoms with Crippen molar-refractivity contribution in [2.24, 2.45) is 5.73 Å². The van der Waals surface area contributed by atoms with E-state index in [4.69, 9.17) is 10.5 Å². The number of fused-ring (bicyclic) bond motifs is 1. The van der Waals surface area contributed by atoms with Gasteiger partial charge in [0.25, 0.3) is 5.91 Å². The number of ether oxygens (including phenoxy) is 1. The molecular formula is C13H12BrN3O2. The highest BCUT2D eigenvalue weighted by Gasteiger charge is 2.24. The molecule has 3 rings (SSSR count). The maximum Gasteiger partial charge on any atom is 0.269 e. The van der Waals surface area contributed by atoms with Crippen molar-refractivity contribution < 1.29 is 9.53 Å². The number of hydrogen-bond acceptors (Lipinski definition) is 3. The summed E-state index contributed by atoms with van der Waals surface area (Å²) in [6.45, 7) is 1.04. The fraction of sp³-hybridized carbons (Fsp3) is 0.231. The van der Waals surface area contributed by atoms with Crippen molar-refractivity contribution in [1.82, 2.24) is 9.78 Å². The van der Waals surface area contributed by atoms with Crippen molar-refractivity contribution in [3.05, 3.63) is 45.7 Å². The molecule has 0 unspecified atom stereocenters. The zero-order chi connectivity index (χ0) is 13.4. The smallest absolute Gasteiger partial charge is 0.269 e. The Morgan fingerprint density at radius 3 is 3.05 bits per heavy atom. The molecule has 5 nitrogen and oxygen atoms in total. The molecule has 98 valence electrons. The van der Waals surface area contributed by atoms with Gasteiger partial charge in [-0.05, 0) is 18.2 Å². The molecule has 2 N–H and O–H groups in total. The van der Waals surface area contributed by atoms with Gasteiger partial charge in [-0.25, -0.2) is 4.68 Å². The molecule has 1 amide bonds. The van der Waals surface area contributed by atoms with Gasteiger partial charge in [-0.1, -0.05) is 22.0 Å². The van der Waals surface area contributed by atoms with Crippen molar-refractivity contribution in [3.63, 3.8) is 0 Å². The summed E-state index contributed by atoms with van der Waals surface area (Å²) < 4.78 is 8.14. The van der Waals surface area contributed by atoms with E-state index in [2.05, 4.69) is 21.0 Å². The zero-order valence-electron chi connectivity index (χ0n) is 10.1. The SMILES string of the molecule is NC(=O)c1nn(-c2cccc(Br)c2)c2c1CCOC2. The molecule has 2 aromatic rings. The van der Waals surface area contributed by atoms with E-state index in [1.807, 2.05) is 24.3 Å². The molecule has 1 aliphatic heterocycles. The van der Waals surface area contributed by atoms with Gasteiger partial charge < -0.3 is 10.5 Å². The minimum atomic E-state index is -0.494. The van der Waals surface area contributed by atoms with Gasteiger partial charge in [-0.3, -0.25) is 4.79 Å². The molecule has 0 aliphatic carbocycles. The third-order valence-corrected chi connectivity index (χ3v) is 3.60. The van der Waals surface area contributed by atoms with Crippen LogP contribution in [0.4, 0.5) is 0 Å². The van der Waals surface area contributed by atoms with E-state index in [0.29, 0.717) is 25.3 Å². The van der Waals surface area contributed by atoms with Crippen molar-refractivity contribution >= 4 is 21.8 Å². The summed E-state index contributed by atoms with van der Waals surface area (Å²) >= 11 is 3.43. The monoisotopic (exact) mass is 321 g/mol. The standard InChI is InChI=1S/C13H12BrN3O2/c14-8-2-1-3-9(6-8)17-11-7-19-5-4-10(11)12(16-17)13(15)18/h1-3,6H,4-5,7H2,(H2,15,18). The van der Waals surface area contributed by atoms with Crippen molar-refractivity contribution in [1.29, 1.82) is 0 Å². The Balaban J connectivity index is 2.19. The van der Waals surface area contributed by atoms with Crippen molar-refractivity contribution in [2.45, 2.75) is 13.0 Å². The van der Waals surface area contributed by atoms with Crippen LogP contribution >= 0.6 is 15.9 Å². The van der Waals surface area contributed by atoms with Crippen molar-refractivity contribution in [3.8, 4) is 5.69 Å². The number of hydrogen-bond donors (Lipinski definition) is 1. The lowest BCUT2D eigenvalue weighted by atomic mass is 10.1. The molecule has 0 spiro atoms. The lowest BCUT2D eigenvalue weighted by molar-refractivity contribution is 0.0984. The Kier molecular flexibility index (Phi) is 3.12. The molecule has 6 heteroatoms. The number of nitrogens with two attached hydrogens (primary N) is 1. The quantitative estimate of drug-likeness (QED) is 0.917. The maximum absolute atomic E-state index is 11.5. The van der Waals surface area contributed by atoms with E-state index in [0.717, 1.165) is 21.4 Å². The van der Waals surface area contributed by atoms with E-state index in [9.17, 15) is 4.79 Å². The fourth-order valence-corrected chi connectivity index (χ4v) is 2.65. The van der Waals surface area contributed by atoms with E-state index in [1.54, 1.807) is 4.68 Å². The van der Waals surface area contributed by atoms with Crippen LogP contribution in [0.5, 0.6) is 0 Å². The van der Waals surface area contributed by atoms with E-state index < -0.39 is 5.91 Å². The van der Waals surface area contributed by atoms with Gasteiger partial charge in [0.2, 0.25) is 0 Å². The van der Waals surface area contributed by atoms with E-state index in [1.165, 1.54) is 0 Å². The maximum atomic E-state index is 11.5. The minimum Gasteiger partial charge on any atom is -0.375 e. The summed E-state index contributed by atoms with van der Waals surface area (Å²) in [6.07, 6.45) is 0.668. The molecule has 0 bridgehead atoms. The van der Waals surface area contributed by atoms with Crippen molar-refractivity contribution in [2.75, 3.05) is 6.61 Å². The first-order valence-corrected chi connectivity index (χ1v) is 6.70. The number of halogens is 1. The van der Waals surface area contributed by atoms with Crippen LogP contribution in [0.3, 0.4) is 0 Å². The average molecular weight is 322 g/mol. The third-order valence-electron chi connectivity index (χ3n) is 3.11. The van der Waals surface area contributed by atoms with Gasteiger partial charge in [0.05, 0.1) is 24.6 Å². The van der Waals surface area contributed by atoms with Crippen LogP contribution in [-0.2, 0) is 17.8 Å². The molecule has 0 fully saturated rings. The third kappa shape index (κ3) is 2.17. The van der Waals surface area contributed by atoms with Gasteiger partial charge in [0.1, 0.15) is 0 Å². The van der Waals surface area contributed by atoms with E-state index >= 15 is 0 Å². The molecule has 0 saturated heterocycles. The fourth-order valence-electron chi connectivity index (χ4n) is 2.26. The van der Waals surface area contributed by atoms with Gasteiger partial charge in [0, 0.05) is 16.5 Å². The highest BCUT2D eigenvalue weighted by molar-refractivity contribution is 9.10. The van der Waals surface area contributed by atoms with Crippen LogP contribution in [0.25, 0.3) is 5.69 Å². The van der Waals surface area contributed by atoms with Gasteiger partial charge in [-0.15, -0.1) is 0 Å². The molecule has 1 aliphatic rings. The molecular weight excluding hydrogens is 310 g/mol. The van der Waals surface area contributed by atoms with Gasteiger partial charge in [0.15, 0.2) is 5.69 Å². The number of aromatic nitrogens is 2. The van der Waals surface area contributed by atoms with E-state index in [-0.39, 0.29) is 0 Å². The number of rotatable bonds is 2.